The summed E-state index contributed by atoms with van der Waals surface area (Å²) in [7, 11) is 6.35. The Morgan fingerprint density at radius 3 is 2.42 bits per heavy atom. The summed E-state index contributed by atoms with van der Waals surface area (Å²) in [6.45, 7) is 3.88. The van der Waals surface area contributed by atoms with Crippen LogP contribution in [0.2, 0.25) is 0 Å². The number of hydrogen-bond donors (Lipinski definition) is 1. The third-order valence-electron chi connectivity index (χ3n) is 5.25. The number of aromatic nitrogens is 2. The number of methoxy groups -OCH3 is 3. The smallest absolute Gasteiger partial charge is 0.261 e. The fourth-order valence-electron chi connectivity index (χ4n) is 3.52. The molecule has 0 saturated carbocycles. The first-order valence-electron chi connectivity index (χ1n) is 10.1. The van der Waals surface area contributed by atoms with Crippen LogP contribution in [-0.4, -0.2) is 92.0 Å². The lowest BCUT2D eigenvalue weighted by atomic mass is 10.1. The molecule has 10 nitrogen and oxygen atoms in total. The molecule has 1 N–H and O–H groups in total. The summed E-state index contributed by atoms with van der Waals surface area (Å²) in [5.41, 5.74) is 0.934. The minimum absolute atomic E-state index is 0.0792. The monoisotopic (exact) mass is 431 g/mol. The van der Waals surface area contributed by atoms with E-state index in [4.69, 9.17) is 14.2 Å². The molecule has 0 aliphatic carbocycles. The highest BCUT2D eigenvalue weighted by Gasteiger charge is 2.26. The number of ether oxygens (including phenoxy) is 3. The Balaban J connectivity index is 1.46. The molecule has 2 amide bonds. The first-order valence-corrected chi connectivity index (χ1v) is 10.1. The van der Waals surface area contributed by atoms with Crippen LogP contribution in [0.3, 0.4) is 0 Å². The maximum absolute atomic E-state index is 12.8. The van der Waals surface area contributed by atoms with Crippen LogP contribution >= 0.6 is 0 Å². The van der Waals surface area contributed by atoms with E-state index in [-0.39, 0.29) is 11.8 Å². The quantitative estimate of drug-likeness (QED) is 0.655. The lowest BCUT2D eigenvalue weighted by Gasteiger charge is -2.34. The van der Waals surface area contributed by atoms with E-state index >= 15 is 0 Å². The summed E-state index contributed by atoms with van der Waals surface area (Å²) in [6.07, 6.45) is 1.68. The van der Waals surface area contributed by atoms with Gasteiger partial charge in [-0.05, 0) is 12.1 Å². The Morgan fingerprint density at radius 2 is 1.77 bits per heavy atom. The molecule has 31 heavy (non-hydrogen) atoms. The molecule has 1 fully saturated rings. The molecular formula is C21H29N5O5. The van der Waals surface area contributed by atoms with Gasteiger partial charge in [-0.25, -0.2) is 0 Å². The molecule has 0 bridgehead atoms. The number of carbonyl (C=O) groups excluding carboxylic acids is 2. The van der Waals surface area contributed by atoms with Crippen LogP contribution in [0.5, 0.6) is 17.4 Å². The molecule has 0 spiro atoms. The Morgan fingerprint density at radius 1 is 1.03 bits per heavy atom. The van der Waals surface area contributed by atoms with Gasteiger partial charge in [0, 0.05) is 58.6 Å². The number of nitrogens with one attached hydrogen (secondary N) is 1. The molecule has 0 radical (unpaired) electrons. The summed E-state index contributed by atoms with van der Waals surface area (Å²) in [6, 6.07) is 5.09. The van der Waals surface area contributed by atoms with Crippen molar-refractivity contribution < 1.29 is 23.8 Å². The van der Waals surface area contributed by atoms with Gasteiger partial charge >= 0.3 is 0 Å². The van der Waals surface area contributed by atoms with Gasteiger partial charge in [-0.3, -0.25) is 19.2 Å². The lowest BCUT2D eigenvalue weighted by Crippen LogP contribution is -2.50. The van der Waals surface area contributed by atoms with Gasteiger partial charge in [0.05, 0.1) is 26.9 Å². The van der Waals surface area contributed by atoms with Crippen LogP contribution in [0, 0.1) is 0 Å². The number of nitrogens with zero attached hydrogens (tertiary/aromatic N) is 4. The minimum Gasteiger partial charge on any atom is -0.497 e. The SMILES string of the molecule is COc1ccc(C(=O)NCCN2CCN(C(=O)c3cn(C)nc3OC)CC2)c(OC)c1. The van der Waals surface area contributed by atoms with E-state index in [1.807, 2.05) is 0 Å². The lowest BCUT2D eigenvalue weighted by molar-refractivity contribution is 0.0634. The number of hydrogen-bond acceptors (Lipinski definition) is 7. The van der Waals surface area contributed by atoms with Crippen LogP contribution in [0.4, 0.5) is 0 Å². The first kappa shape index (κ1) is 22.4. The van der Waals surface area contributed by atoms with Crippen molar-refractivity contribution in [3.63, 3.8) is 0 Å². The van der Waals surface area contributed by atoms with E-state index in [9.17, 15) is 9.59 Å². The molecule has 1 aliphatic rings. The molecule has 1 aliphatic heterocycles. The average molecular weight is 431 g/mol. The highest BCUT2D eigenvalue weighted by Crippen LogP contribution is 2.24. The molecule has 0 atom stereocenters. The molecule has 2 heterocycles. The van der Waals surface area contributed by atoms with Crippen LogP contribution in [-0.2, 0) is 7.05 Å². The third kappa shape index (κ3) is 5.26. The number of benzene rings is 1. The molecule has 2 aromatic rings. The molecule has 1 aromatic carbocycles. The number of amides is 2. The van der Waals surface area contributed by atoms with Crippen molar-refractivity contribution >= 4 is 11.8 Å². The maximum atomic E-state index is 12.8. The second-order valence-corrected chi connectivity index (χ2v) is 7.18. The summed E-state index contributed by atoms with van der Waals surface area (Å²) in [4.78, 5) is 29.3. The minimum atomic E-state index is -0.197. The van der Waals surface area contributed by atoms with Crippen LogP contribution in [0.15, 0.2) is 24.4 Å². The van der Waals surface area contributed by atoms with Crippen molar-refractivity contribution in [2.75, 3.05) is 60.6 Å². The van der Waals surface area contributed by atoms with Gasteiger partial charge in [-0.2, -0.15) is 0 Å². The molecule has 3 rings (SSSR count). The Hall–Kier alpha value is -3.27. The predicted octanol–water partition coefficient (Wildman–Crippen LogP) is 0.634. The molecule has 168 valence electrons. The van der Waals surface area contributed by atoms with Crippen molar-refractivity contribution in [1.82, 2.24) is 24.9 Å². The van der Waals surface area contributed by atoms with Crippen molar-refractivity contribution in [2.24, 2.45) is 7.05 Å². The number of rotatable bonds is 8. The van der Waals surface area contributed by atoms with E-state index in [1.54, 1.807) is 48.1 Å². The van der Waals surface area contributed by atoms with Crippen molar-refractivity contribution in [3.8, 4) is 17.4 Å². The van der Waals surface area contributed by atoms with Gasteiger partial charge < -0.3 is 24.4 Å². The highest BCUT2D eigenvalue weighted by atomic mass is 16.5. The molecule has 0 unspecified atom stereocenters. The predicted molar refractivity (Wildman–Crippen MR) is 114 cm³/mol. The number of piperazine rings is 1. The second-order valence-electron chi connectivity index (χ2n) is 7.18. The third-order valence-corrected chi connectivity index (χ3v) is 5.25. The zero-order valence-electron chi connectivity index (χ0n) is 18.4. The van der Waals surface area contributed by atoms with Gasteiger partial charge in [0.15, 0.2) is 0 Å². The highest BCUT2D eigenvalue weighted by molar-refractivity contribution is 5.97. The Labute approximate surface area is 181 Å². The van der Waals surface area contributed by atoms with Gasteiger partial charge in [-0.1, -0.05) is 0 Å². The van der Waals surface area contributed by atoms with Crippen molar-refractivity contribution in [2.45, 2.75) is 0 Å². The fraction of sp³-hybridized carbons (Fsp3) is 0.476. The normalized spacial score (nSPS) is 14.3. The zero-order chi connectivity index (χ0) is 22.4. The largest absolute Gasteiger partial charge is 0.497 e. The van der Waals surface area contributed by atoms with E-state index in [0.717, 1.165) is 13.1 Å². The second kappa shape index (κ2) is 10.2. The standard InChI is InChI=1S/C21H29N5O5/c1-24-14-17(20(23-24)31-4)21(28)26-11-9-25(10-12-26)8-7-22-19(27)16-6-5-15(29-2)13-18(16)30-3/h5-6,13-14H,7-12H2,1-4H3,(H,22,27). The Bertz CT molecular complexity index is 921. The fourth-order valence-corrected chi connectivity index (χ4v) is 3.52. The van der Waals surface area contributed by atoms with Crippen LogP contribution in [0.1, 0.15) is 20.7 Å². The van der Waals surface area contributed by atoms with Crippen LogP contribution in [0.25, 0.3) is 0 Å². The summed E-state index contributed by atoms with van der Waals surface area (Å²) < 4.78 is 17.2. The van der Waals surface area contributed by atoms with Gasteiger partial charge in [-0.15, -0.1) is 5.10 Å². The molecule has 1 aromatic heterocycles. The summed E-state index contributed by atoms with van der Waals surface area (Å²) in [5, 5.41) is 7.07. The van der Waals surface area contributed by atoms with E-state index in [0.29, 0.717) is 54.7 Å². The van der Waals surface area contributed by atoms with Gasteiger partial charge in [0.25, 0.3) is 11.8 Å². The maximum Gasteiger partial charge on any atom is 0.261 e. The van der Waals surface area contributed by atoms with E-state index in [1.165, 1.54) is 14.2 Å². The van der Waals surface area contributed by atoms with E-state index < -0.39 is 0 Å². The molecular weight excluding hydrogens is 402 g/mol. The first-order chi connectivity index (χ1) is 15.0. The topological polar surface area (TPSA) is 98.2 Å². The van der Waals surface area contributed by atoms with Crippen molar-refractivity contribution in [3.05, 3.63) is 35.5 Å². The van der Waals surface area contributed by atoms with Crippen molar-refractivity contribution in [1.29, 1.82) is 0 Å². The van der Waals surface area contributed by atoms with Gasteiger partial charge in [0.1, 0.15) is 17.1 Å². The average Bonchev–Trinajstić information content (AvgIpc) is 3.19. The number of carbonyl (C=O) groups is 2. The Kier molecular flexibility index (Phi) is 7.35. The van der Waals surface area contributed by atoms with Crippen LogP contribution < -0.4 is 19.5 Å². The molecule has 1 saturated heterocycles. The number of aryl methyl sites for hydroxylation is 1. The van der Waals surface area contributed by atoms with Gasteiger partial charge in [0.2, 0.25) is 5.88 Å². The summed E-state index contributed by atoms with van der Waals surface area (Å²) in [5.74, 6) is 1.16. The zero-order valence-corrected chi connectivity index (χ0v) is 18.4. The molecule has 10 heteroatoms. The van der Waals surface area contributed by atoms with E-state index in [2.05, 4.69) is 15.3 Å². The summed E-state index contributed by atoms with van der Waals surface area (Å²) >= 11 is 0.